The molecule has 4 rings (SSSR count). The van der Waals surface area contributed by atoms with Gasteiger partial charge in [0.25, 0.3) is 5.56 Å². The Morgan fingerprint density at radius 2 is 1.69 bits per heavy atom. The van der Waals surface area contributed by atoms with E-state index in [1.165, 1.54) is 17.0 Å². The van der Waals surface area contributed by atoms with Gasteiger partial charge in [0.15, 0.2) is 0 Å². The van der Waals surface area contributed by atoms with Gasteiger partial charge in [-0.2, -0.15) is 0 Å². The minimum absolute atomic E-state index is 0.0451. The fourth-order valence-electron chi connectivity index (χ4n) is 3.70. The first-order valence-electron chi connectivity index (χ1n) is 11.2. The average Bonchev–Trinajstić information content (AvgIpc) is 2.86. The number of methoxy groups -OCH3 is 1. The summed E-state index contributed by atoms with van der Waals surface area (Å²) in [6.45, 7) is 2.65. The van der Waals surface area contributed by atoms with Gasteiger partial charge in [-0.1, -0.05) is 12.1 Å². The number of urea groups is 1. The van der Waals surface area contributed by atoms with Crippen molar-refractivity contribution in [3.8, 4) is 11.5 Å². The van der Waals surface area contributed by atoms with Gasteiger partial charge in [0.2, 0.25) is 0 Å². The summed E-state index contributed by atoms with van der Waals surface area (Å²) in [5, 5.41) is 3.65. The van der Waals surface area contributed by atoms with Gasteiger partial charge in [-0.05, 0) is 73.2 Å². The second kappa shape index (κ2) is 10.7. The van der Waals surface area contributed by atoms with Crippen molar-refractivity contribution >= 4 is 22.6 Å². The highest BCUT2D eigenvalue weighted by molar-refractivity contribution is 5.89. The Balaban J connectivity index is 1.63. The van der Waals surface area contributed by atoms with Crippen LogP contribution in [0.1, 0.15) is 18.1 Å². The molecule has 1 heterocycles. The summed E-state index contributed by atoms with van der Waals surface area (Å²) in [5.74, 6) is 0.998. The highest BCUT2D eigenvalue weighted by atomic mass is 19.1. The van der Waals surface area contributed by atoms with E-state index in [1.807, 2.05) is 13.0 Å². The number of anilines is 1. The lowest BCUT2D eigenvalue weighted by Gasteiger charge is -2.23. The first kappa shape index (κ1) is 23.8. The fraction of sp³-hybridized carbons (Fsp3) is 0.185. The number of pyridine rings is 1. The molecule has 0 saturated heterocycles. The van der Waals surface area contributed by atoms with E-state index in [0.717, 1.165) is 10.9 Å². The number of halogens is 1. The number of aromatic amines is 1. The predicted molar refractivity (Wildman–Crippen MR) is 133 cm³/mol. The summed E-state index contributed by atoms with van der Waals surface area (Å²) in [6, 6.07) is 19.6. The minimum Gasteiger partial charge on any atom is -0.497 e. The predicted octanol–water partition coefficient (Wildman–Crippen LogP) is 5.31. The molecule has 0 radical (unpaired) electrons. The number of carbonyl (C=O) groups excluding carboxylic acids is 1. The Hall–Kier alpha value is -4.33. The molecule has 180 valence electrons. The van der Waals surface area contributed by atoms with Crippen molar-refractivity contribution in [2.75, 3.05) is 19.0 Å². The fourth-order valence-corrected chi connectivity index (χ4v) is 3.70. The van der Waals surface area contributed by atoms with Crippen LogP contribution in [0.3, 0.4) is 0 Å². The van der Waals surface area contributed by atoms with Gasteiger partial charge in [0.1, 0.15) is 17.3 Å². The van der Waals surface area contributed by atoms with Crippen LogP contribution in [0.5, 0.6) is 11.5 Å². The number of rotatable bonds is 8. The molecule has 0 spiro atoms. The van der Waals surface area contributed by atoms with E-state index in [0.29, 0.717) is 34.9 Å². The summed E-state index contributed by atoms with van der Waals surface area (Å²) in [4.78, 5) is 30.4. The number of nitrogens with one attached hydrogen (secondary N) is 2. The number of fused-ring (bicyclic) bond motifs is 1. The standard InChI is InChI=1S/C27H26FN3O4/c1-3-35-24-12-13-25-19(15-24)14-20(26(32)30-25)17-31(16-18-4-6-21(28)7-5-18)27(33)29-22-8-10-23(34-2)11-9-22/h4-15H,3,16-17H2,1-2H3,(H,29,33)(H,30,32). The summed E-state index contributed by atoms with van der Waals surface area (Å²) in [6.07, 6.45) is 0. The molecule has 0 atom stereocenters. The van der Waals surface area contributed by atoms with Crippen LogP contribution in [-0.4, -0.2) is 29.6 Å². The highest BCUT2D eigenvalue weighted by Crippen LogP contribution is 2.21. The maximum atomic E-state index is 13.4. The van der Waals surface area contributed by atoms with Crippen molar-refractivity contribution in [3.63, 3.8) is 0 Å². The van der Waals surface area contributed by atoms with Crippen LogP contribution in [0.25, 0.3) is 10.9 Å². The SMILES string of the molecule is CCOc1ccc2[nH]c(=O)c(CN(Cc3ccc(F)cc3)C(=O)Nc3ccc(OC)cc3)cc2c1. The van der Waals surface area contributed by atoms with Crippen molar-refractivity contribution in [2.24, 2.45) is 0 Å². The maximum Gasteiger partial charge on any atom is 0.322 e. The Morgan fingerprint density at radius 3 is 2.37 bits per heavy atom. The lowest BCUT2D eigenvalue weighted by Crippen LogP contribution is -2.35. The van der Waals surface area contributed by atoms with Gasteiger partial charge in [0.05, 0.1) is 20.3 Å². The van der Waals surface area contributed by atoms with Gasteiger partial charge in [-0.25, -0.2) is 9.18 Å². The number of nitrogens with zero attached hydrogens (tertiary/aromatic N) is 1. The van der Waals surface area contributed by atoms with Gasteiger partial charge in [0, 0.05) is 28.7 Å². The third-order valence-corrected chi connectivity index (χ3v) is 5.48. The van der Waals surface area contributed by atoms with Crippen LogP contribution in [0.2, 0.25) is 0 Å². The molecule has 3 aromatic carbocycles. The maximum absolute atomic E-state index is 13.4. The van der Waals surface area contributed by atoms with Crippen LogP contribution in [0.4, 0.5) is 14.9 Å². The molecule has 35 heavy (non-hydrogen) atoms. The molecular weight excluding hydrogens is 449 g/mol. The van der Waals surface area contributed by atoms with E-state index in [1.54, 1.807) is 61.7 Å². The van der Waals surface area contributed by atoms with Crippen molar-refractivity contribution in [1.82, 2.24) is 9.88 Å². The number of ether oxygens (including phenoxy) is 2. The lowest BCUT2D eigenvalue weighted by molar-refractivity contribution is 0.206. The van der Waals surface area contributed by atoms with E-state index in [2.05, 4.69) is 10.3 Å². The normalized spacial score (nSPS) is 10.7. The summed E-state index contributed by atoms with van der Waals surface area (Å²) < 4.78 is 24.1. The van der Waals surface area contributed by atoms with Gasteiger partial charge in [-0.3, -0.25) is 4.79 Å². The molecule has 7 nitrogen and oxygen atoms in total. The Morgan fingerprint density at radius 1 is 0.971 bits per heavy atom. The van der Waals surface area contributed by atoms with E-state index < -0.39 is 6.03 Å². The van der Waals surface area contributed by atoms with Crippen LogP contribution < -0.4 is 20.3 Å². The van der Waals surface area contributed by atoms with Crippen molar-refractivity contribution < 1.29 is 18.7 Å². The summed E-state index contributed by atoms with van der Waals surface area (Å²) in [7, 11) is 1.57. The summed E-state index contributed by atoms with van der Waals surface area (Å²) >= 11 is 0. The molecule has 8 heteroatoms. The molecule has 0 saturated carbocycles. The molecule has 0 bridgehead atoms. The molecule has 0 aliphatic carbocycles. The van der Waals surface area contributed by atoms with E-state index >= 15 is 0 Å². The molecular formula is C27H26FN3O4. The summed E-state index contributed by atoms with van der Waals surface area (Å²) in [5.41, 5.74) is 2.11. The van der Waals surface area contributed by atoms with E-state index in [9.17, 15) is 14.0 Å². The third-order valence-electron chi connectivity index (χ3n) is 5.48. The van der Waals surface area contributed by atoms with Crippen LogP contribution in [-0.2, 0) is 13.1 Å². The zero-order chi connectivity index (χ0) is 24.8. The quantitative estimate of drug-likeness (QED) is 0.362. The lowest BCUT2D eigenvalue weighted by atomic mass is 10.1. The van der Waals surface area contributed by atoms with E-state index in [4.69, 9.17) is 9.47 Å². The second-order valence-electron chi connectivity index (χ2n) is 7.95. The van der Waals surface area contributed by atoms with Gasteiger partial charge < -0.3 is 24.7 Å². The molecule has 0 aliphatic heterocycles. The Labute approximate surface area is 202 Å². The monoisotopic (exact) mass is 475 g/mol. The molecule has 2 amide bonds. The van der Waals surface area contributed by atoms with Crippen LogP contribution >= 0.6 is 0 Å². The minimum atomic E-state index is -0.401. The first-order chi connectivity index (χ1) is 16.9. The smallest absolute Gasteiger partial charge is 0.322 e. The molecule has 1 aromatic heterocycles. The Bertz CT molecular complexity index is 1370. The Kier molecular flexibility index (Phi) is 7.30. The number of benzene rings is 3. The molecule has 0 fully saturated rings. The highest BCUT2D eigenvalue weighted by Gasteiger charge is 2.18. The number of carbonyl (C=O) groups is 1. The van der Waals surface area contributed by atoms with Crippen molar-refractivity contribution in [1.29, 1.82) is 0 Å². The third kappa shape index (κ3) is 5.97. The second-order valence-corrected chi connectivity index (χ2v) is 7.95. The number of aromatic nitrogens is 1. The largest absolute Gasteiger partial charge is 0.497 e. The zero-order valence-corrected chi connectivity index (χ0v) is 19.5. The number of hydrogen-bond acceptors (Lipinski definition) is 4. The van der Waals surface area contributed by atoms with Gasteiger partial charge >= 0.3 is 6.03 Å². The number of amides is 2. The zero-order valence-electron chi connectivity index (χ0n) is 19.5. The molecule has 0 aliphatic rings. The average molecular weight is 476 g/mol. The molecule has 4 aromatic rings. The topological polar surface area (TPSA) is 83.7 Å². The molecule has 0 unspecified atom stereocenters. The van der Waals surface area contributed by atoms with Crippen molar-refractivity contribution in [3.05, 3.63) is 100 Å². The van der Waals surface area contributed by atoms with Gasteiger partial charge in [-0.15, -0.1) is 0 Å². The number of hydrogen-bond donors (Lipinski definition) is 2. The van der Waals surface area contributed by atoms with Crippen LogP contribution in [0, 0.1) is 5.82 Å². The van der Waals surface area contributed by atoms with E-state index in [-0.39, 0.29) is 24.5 Å². The molecule has 2 N–H and O–H groups in total. The first-order valence-corrected chi connectivity index (χ1v) is 11.2. The van der Waals surface area contributed by atoms with Crippen LogP contribution in [0.15, 0.2) is 77.6 Å². The van der Waals surface area contributed by atoms with Crippen molar-refractivity contribution in [2.45, 2.75) is 20.0 Å². The number of H-pyrrole nitrogens is 1.